The summed E-state index contributed by atoms with van der Waals surface area (Å²) in [7, 11) is 1.47. The highest BCUT2D eigenvalue weighted by Gasteiger charge is 2.25. The third-order valence-corrected chi connectivity index (χ3v) is 6.34. The zero-order valence-corrected chi connectivity index (χ0v) is 21.7. The van der Waals surface area contributed by atoms with E-state index in [0.717, 1.165) is 5.56 Å². The second-order valence-corrected chi connectivity index (χ2v) is 8.94. The maximum atomic E-state index is 14.1. The van der Waals surface area contributed by atoms with E-state index in [1.807, 2.05) is 4.90 Å². The van der Waals surface area contributed by atoms with Crippen LogP contribution in [0.1, 0.15) is 51.5 Å². The summed E-state index contributed by atoms with van der Waals surface area (Å²) in [5.74, 6) is -0.109. The van der Waals surface area contributed by atoms with Crippen molar-refractivity contribution in [2.75, 3.05) is 32.1 Å². The molecule has 8 nitrogen and oxygen atoms in total. The standard InChI is InChI=1S/C28H35FN2O6/c1-4-27(34)37-28-22(7-6-8-24(28)35-3)30-25(32)18-20-13-15-31(16-14-20)26(33)12-10-19-9-11-23(36-5-2)21(29)17-19/h6-9,11,17,20H,4-5,10,12-16,18H2,1-3H3,(H,30,32). The predicted molar refractivity (Wildman–Crippen MR) is 137 cm³/mol. The first-order valence-electron chi connectivity index (χ1n) is 12.7. The van der Waals surface area contributed by atoms with Crippen LogP contribution >= 0.6 is 0 Å². The number of anilines is 1. The van der Waals surface area contributed by atoms with Crippen molar-refractivity contribution >= 4 is 23.5 Å². The average molecular weight is 515 g/mol. The van der Waals surface area contributed by atoms with Crippen LogP contribution in [0.4, 0.5) is 10.1 Å². The van der Waals surface area contributed by atoms with Crippen molar-refractivity contribution in [1.29, 1.82) is 0 Å². The van der Waals surface area contributed by atoms with Gasteiger partial charge in [-0.25, -0.2) is 4.39 Å². The quantitative estimate of drug-likeness (QED) is 0.344. The topological polar surface area (TPSA) is 94.2 Å². The maximum absolute atomic E-state index is 14.1. The summed E-state index contributed by atoms with van der Waals surface area (Å²) >= 11 is 0. The molecule has 1 aliphatic heterocycles. The highest BCUT2D eigenvalue weighted by atomic mass is 19.1. The Hall–Kier alpha value is -3.62. The number of rotatable bonds is 11. The second-order valence-electron chi connectivity index (χ2n) is 8.94. The molecule has 0 radical (unpaired) electrons. The molecular weight excluding hydrogens is 479 g/mol. The number of amides is 2. The Morgan fingerprint density at radius 3 is 2.49 bits per heavy atom. The van der Waals surface area contributed by atoms with Crippen molar-refractivity contribution in [3.8, 4) is 17.2 Å². The number of aryl methyl sites for hydroxylation is 1. The van der Waals surface area contributed by atoms with Gasteiger partial charge in [-0.05, 0) is 61.9 Å². The number of hydrogen-bond acceptors (Lipinski definition) is 6. The Morgan fingerprint density at radius 1 is 1.08 bits per heavy atom. The average Bonchev–Trinajstić information content (AvgIpc) is 2.90. The van der Waals surface area contributed by atoms with Gasteiger partial charge in [0.1, 0.15) is 0 Å². The number of carbonyl (C=O) groups excluding carboxylic acids is 3. The number of para-hydroxylation sites is 1. The number of hydrogen-bond donors (Lipinski definition) is 1. The van der Waals surface area contributed by atoms with Gasteiger partial charge in [-0.1, -0.05) is 19.1 Å². The van der Waals surface area contributed by atoms with Crippen LogP contribution in [0.2, 0.25) is 0 Å². The lowest BCUT2D eigenvalue weighted by molar-refractivity contribution is -0.134. The van der Waals surface area contributed by atoms with Crippen LogP contribution in [0.3, 0.4) is 0 Å². The van der Waals surface area contributed by atoms with E-state index < -0.39 is 11.8 Å². The molecule has 1 fully saturated rings. The number of nitrogens with one attached hydrogen (secondary N) is 1. The molecule has 0 aromatic heterocycles. The number of halogens is 1. The van der Waals surface area contributed by atoms with E-state index >= 15 is 0 Å². The van der Waals surface area contributed by atoms with E-state index in [2.05, 4.69) is 5.32 Å². The number of nitrogens with zero attached hydrogens (tertiary/aromatic N) is 1. The Bertz CT molecular complexity index is 1100. The number of ether oxygens (including phenoxy) is 3. The first kappa shape index (κ1) is 28.0. The second kappa shape index (κ2) is 13.6. The number of benzene rings is 2. The lowest BCUT2D eigenvalue weighted by Crippen LogP contribution is -2.39. The fraction of sp³-hybridized carbons (Fsp3) is 0.464. The van der Waals surface area contributed by atoms with Gasteiger partial charge in [0, 0.05) is 32.4 Å². The normalized spacial score (nSPS) is 13.7. The van der Waals surface area contributed by atoms with Crippen LogP contribution < -0.4 is 19.5 Å². The summed E-state index contributed by atoms with van der Waals surface area (Å²) in [5, 5.41) is 2.83. The van der Waals surface area contributed by atoms with Crippen molar-refractivity contribution in [2.45, 2.75) is 52.4 Å². The number of methoxy groups -OCH3 is 1. The molecule has 1 N–H and O–H groups in total. The third kappa shape index (κ3) is 7.93. The van der Waals surface area contributed by atoms with Gasteiger partial charge in [0.25, 0.3) is 0 Å². The molecule has 200 valence electrons. The SMILES string of the molecule is CCOc1ccc(CCC(=O)N2CCC(CC(=O)Nc3cccc(OC)c3OC(=O)CC)CC2)cc1F. The van der Waals surface area contributed by atoms with Crippen LogP contribution in [0, 0.1) is 11.7 Å². The number of likely N-dealkylation sites (tertiary alicyclic amines) is 1. The minimum absolute atomic E-state index is 0.0240. The Morgan fingerprint density at radius 2 is 1.84 bits per heavy atom. The third-order valence-electron chi connectivity index (χ3n) is 6.34. The first-order valence-corrected chi connectivity index (χ1v) is 12.7. The molecule has 2 aromatic carbocycles. The van der Waals surface area contributed by atoms with Crippen molar-refractivity contribution in [1.82, 2.24) is 4.90 Å². The predicted octanol–water partition coefficient (Wildman–Crippen LogP) is 4.75. The van der Waals surface area contributed by atoms with E-state index in [0.29, 0.717) is 63.2 Å². The Balaban J connectivity index is 1.47. The molecule has 3 rings (SSSR count). The smallest absolute Gasteiger partial charge is 0.311 e. The van der Waals surface area contributed by atoms with Crippen molar-refractivity contribution in [3.63, 3.8) is 0 Å². The molecule has 0 saturated carbocycles. The summed E-state index contributed by atoms with van der Waals surface area (Å²) in [6.07, 6.45) is 2.68. The summed E-state index contributed by atoms with van der Waals surface area (Å²) in [6, 6.07) is 9.83. The monoisotopic (exact) mass is 514 g/mol. The minimum atomic E-state index is -0.426. The van der Waals surface area contributed by atoms with Gasteiger partial charge in [0.15, 0.2) is 23.1 Å². The molecule has 0 unspecified atom stereocenters. The molecule has 1 saturated heterocycles. The summed E-state index contributed by atoms with van der Waals surface area (Å²) in [4.78, 5) is 39.1. The molecular formula is C28H35FN2O6. The van der Waals surface area contributed by atoms with Gasteiger partial charge >= 0.3 is 5.97 Å². The van der Waals surface area contributed by atoms with E-state index in [9.17, 15) is 18.8 Å². The zero-order valence-electron chi connectivity index (χ0n) is 21.7. The molecule has 1 aliphatic rings. The van der Waals surface area contributed by atoms with Gasteiger partial charge in [-0.15, -0.1) is 0 Å². The number of esters is 1. The van der Waals surface area contributed by atoms with Crippen molar-refractivity contribution in [3.05, 3.63) is 47.8 Å². The molecule has 2 aromatic rings. The Kier molecular flexibility index (Phi) is 10.3. The van der Waals surface area contributed by atoms with E-state index in [4.69, 9.17) is 14.2 Å². The van der Waals surface area contributed by atoms with Crippen LogP contribution in [-0.2, 0) is 20.8 Å². The zero-order chi connectivity index (χ0) is 26.8. The van der Waals surface area contributed by atoms with Gasteiger partial charge in [0.2, 0.25) is 11.8 Å². The fourth-order valence-corrected chi connectivity index (χ4v) is 4.30. The molecule has 37 heavy (non-hydrogen) atoms. The van der Waals surface area contributed by atoms with Gasteiger partial charge in [-0.2, -0.15) is 0 Å². The summed E-state index contributed by atoms with van der Waals surface area (Å²) in [5.41, 5.74) is 1.13. The first-order chi connectivity index (χ1) is 17.8. The van der Waals surface area contributed by atoms with Crippen molar-refractivity contribution < 1.29 is 33.0 Å². The molecule has 9 heteroatoms. The van der Waals surface area contributed by atoms with Gasteiger partial charge in [-0.3, -0.25) is 14.4 Å². The van der Waals surface area contributed by atoms with Crippen LogP contribution in [0.25, 0.3) is 0 Å². The van der Waals surface area contributed by atoms with E-state index in [1.165, 1.54) is 13.2 Å². The molecule has 0 spiro atoms. The molecule has 0 aliphatic carbocycles. The lowest BCUT2D eigenvalue weighted by atomic mass is 9.93. The minimum Gasteiger partial charge on any atom is -0.493 e. The Labute approximate surface area is 217 Å². The van der Waals surface area contributed by atoms with E-state index in [-0.39, 0.29) is 35.7 Å². The molecule has 2 amide bonds. The maximum Gasteiger partial charge on any atom is 0.311 e. The highest BCUT2D eigenvalue weighted by molar-refractivity contribution is 5.93. The van der Waals surface area contributed by atoms with Gasteiger partial charge < -0.3 is 24.4 Å². The summed E-state index contributed by atoms with van der Waals surface area (Å²) in [6.45, 7) is 5.03. The van der Waals surface area contributed by atoms with Crippen LogP contribution in [-0.4, -0.2) is 49.5 Å². The van der Waals surface area contributed by atoms with Gasteiger partial charge in [0.05, 0.1) is 19.4 Å². The summed E-state index contributed by atoms with van der Waals surface area (Å²) < 4.78 is 29.9. The molecule has 1 heterocycles. The largest absolute Gasteiger partial charge is 0.493 e. The van der Waals surface area contributed by atoms with E-state index in [1.54, 1.807) is 44.2 Å². The fourth-order valence-electron chi connectivity index (χ4n) is 4.30. The number of carbonyl (C=O) groups is 3. The van der Waals surface area contributed by atoms with Crippen LogP contribution in [0.15, 0.2) is 36.4 Å². The lowest BCUT2D eigenvalue weighted by Gasteiger charge is -2.32. The molecule has 0 atom stereocenters. The van der Waals surface area contributed by atoms with Crippen molar-refractivity contribution in [2.24, 2.45) is 5.92 Å². The number of piperidine rings is 1. The highest BCUT2D eigenvalue weighted by Crippen LogP contribution is 2.36. The molecule has 0 bridgehead atoms. The van der Waals surface area contributed by atoms with Crippen LogP contribution in [0.5, 0.6) is 17.2 Å².